The number of fused-ring (bicyclic) bond motifs is 1. The van der Waals surface area contributed by atoms with Gasteiger partial charge in [0.25, 0.3) is 0 Å². The van der Waals surface area contributed by atoms with Gasteiger partial charge in [-0.05, 0) is 98.9 Å². The first-order valence-corrected chi connectivity index (χ1v) is 13.4. The Balaban J connectivity index is 1.43. The molecule has 39 heavy (non-hydrogen) atoms. The Bertz CT molecular complexity index is 2180. The quantitative estimate of drug-likeness (QED) is 0.207. The van der Waals surface area contributed by atoms with Crippen molar-refractivity contribution in [2.75, 3.05) is 0 Å². The van der Waals surface area contributed by atoms with E-state index in [-0.39, 0.29) is 5.56 Å². The SMILES string of the molecule is [2H]C([2H])([2H])c1c[n+](C)c(-c2ccccc2C)cc1-c1ccc2c(c1)C1([2H])c3ccccc3C2([2H])c2cc3ccccc3cc21. The van der Waals surface area contributed by atoms with Crippen LogP contribution in [0, 0.1) is 13.8 Å². The molecule has 0 fully saturated rings. The summed E-state index contributed by atoms with van der Waals surface area (Å²) < 4.78 is 47.7. The summed E-state index contributed by atoms with van der Waals surface area (Å²) in [5, 5.41) is 2.08. The molecule has 0 saturated heterocycles. The average molecular weight is 506 g/mol. The number of rotatable bonds is 2. The minimum Gasteiger partial charge on any atom is -0.201 e. The normalized spacial score (nSPS) is 22.6. The molecule has 5 aromatic carbocycles. The van der Waals surface area contributed by atoms with E-state index in [0.29, 0.717) is 5.56 Å². The monoisotopic (exact) mass is 505 g/mol. The van der Waals surface area contributed by atoms with Crippen LogP contribution in [0.25, 0.3) is 33.2 Å². The van der Waals surface area contributed by atoms with E-state index in [1.807, 2.05) is 84.4 Å². The number of aromatic nitrogens is 1. The molecule has 0 N–H and O–H groups in total. The molecule has 0 spiro atoms. The summed E-state index contributed by atoms with van der Waals surface area (Å²) in [7, 11) is 1.88. The van der Waals surface area contributed by atoms with Crippen molar-refractivity contribution < 1.29 is 11.4 Å². The highest BCUT2D eigenvalue weighted by Crippen LogP contribution is 2.56. The van der Waals surface area contributed by atoms with E-state index in [9.17, 15) is 2.74 Å². The molecule has 2 unspecified atom stereocenters. The lowest BCUT2D eigenvalue weighted by Gasteiger charge is -2.42. The van der Waals surface area contributed by atoms with Crippen molar-refractivity contribution in [3.05, 3.63) is 160 Å². The van der Waals surface area contributed by atoms with Crippen LogP contribution in [0.4, 0.5) is 0 Å². The molecule has 1 heteroatoms. The van der Waals surface area contributed by atoms with Gasteiger partial charge in [0.2, 0.25) is 5.69 Å². The third kappa shape index (κ3) is 3.23. The predicted octanol–water partition coefficient (Wildman–Crippen LogP) is 8.60. The van der Waals surface area contributed by atoms with Crippen molar-refractivity contribution in [2.45, 2.75) is 25.6 Å². The van der Waals surface area contributed by atoms with Gasteiger partial charge in [0.1, 0.15) is 7.05 Å². The second kappa shape index (κ2) is 8.25. The van der Waals surface area contributed by atoms with Gasteiger partial charge in [-0.3, -0.25) is 0 Å². The molecule has 1 aromatic heterocycles. The fourth-order valence-corrected chi connectivity index (χ4v) is 6.60. The van der Waals surface area contributed by atoms with Crippen LogP contribution in [-0.4, -0.2) is 0 Å². The van der Waals surface area contributed by atoms with Crippen LogP contribution in [0.5, 0.6) is 0 Å². The molecule has 1 heterocycles. The van der Waals surface area contributed by atoms with Crippen LogP contribution in [0.1, 0.15) is 63.1 Å². The zero-order valence-corrected chi connectivity index (χ0v) is 21.9. The molecule has 3 aliphatic carbocycles. The molecule has 0 saturated carbocycles. The zero-order chi connectivity index (χ0) is 30.6. The van der Waals surface area contributed by atoms with Gasteiger partial charge in [-0.2, -0.15) is 0 Å². The van der Waals surface area contributed by atoms with E-state index in [1.54, 1.807) is 6.20 Å². The summed E-state index contributed by atoms with van der Waals surface area (Å²) in [6.07, 6.45) is 1.72. The van der Waals surface area contributed by atoms with Crippen LogP contribution in [0.15, 0.2) is 115 Å². The Morgan fingerprint density at radius 1 is 0.590 bits per heavy atom. The van der Waals surface area contributed by atoms with Crippen LogP contribution in [0.3, 0.4) is 0 Å². The Hall–Kier alpha value is -4.49. The number of hydrogen-bond donors (Lipinski definition) is 0. The van der Waals surface area contributed by atoms with Crippen molar-refractivity contribution in [3.63, 3.8) is 0 Å². The summed E-state index contributed by atoms with van der Waals surface area (Å²) in [5.74, 6) is -2.46. The van der Waals surface area contributed by atoms with E-state index >= 15 is 0 Å². The summed E-state index contributed by atoms with van der Waals surface area (Å²) in [6.45, 7) is -0.294. The molecule has 3 aliphatic rings. The summed E-state index contributed by atoms with van der Waals surface area (Å²) >= 11 is 0. The first-order valence-electron chi connectivity index (χ1n) is 15.9. The van der Waals surface area contributed by atoms with E-state index in [2.05, 4.69) is 43.3 Å². The fourth-order valence-electron chi connectivity index (χ4n) is 6.60. The Morgan fingerprint density at radius 2 is 1.18 bits per heavy atom. The van der Waals surface area contributed by atoms with Gasteiger partial charge < -0.3 is 0 Å². The molecule has 186 valence electrons. The van der Waals surface area contributed by atoms with Crippen molar-refractivity contribution >= 4 is 10.8 Å². The van der Waals surface area contributed by atoms with Gasteiger partial charge in [0.15, 0.2) is 6.20 Å². The lowest BCUT2D eigenvalue weighted by molar-refractivity contribution is -0.660. The summed E-state index contributed by atoms with van der Waals surface area (Å²) in [5.41, 5.74) is 9.41. The highest BCUT2D eigenvalue weighted by atomic mass is 14.9. The maximum Gasteiger partial charge on any atom is 0.213 e. The third-order valence-corrected chi connectivity index (χ3v) is 8.45. The minimum atomic E-state index is -2.35. The molecule has 6 aromatic rings. The van der Waals surface area contributed by atoms with Crippen molar-refractivity contribution in [3.8, 4) is 22.4 Å². The average Bonchev–Trinajstić information content (AvgIpc) is 3.02. The van der Waals surface area contributed by atoms with Crippen molar-refractivity contribution in [1.29, 1.82) is 0 Å². The van der Waals surface area contributed by atoms with Gasteiger partial charge in [-0.1, -0.05) is 78.9 Å². The lowest BCUT2D eigenvalue weighted by Crippen LogP contribution is -2.31. The van der Waals surface area contributed by atoms with Gasteiger partial charge in [0, 0.05) is 35.8 Å². The number of aryl methyl sites for hydroxylation is 3. The molecule has 0 aliphatic heterocycles. The first kappa shape index (κ1) is 17.9. The highest BCUT2D eigenvalue weighted by Gasteiger charge is 2.41. The maximum absolute atomic E-state index is 10.3. The number of hydrogen-bond acceptors (Lipinski definition) is 0. The van der Waals surface area contributed by atoms with E-state index in [1.165, 1.54) is 0 Å². The largest absolute Gasteiger partial charge is 0.213 e. The molecule has 0 amide bonds. The maximum atomic E-state index is 10.3. The Morgan fingerprint density at radius 3 is 1.87 bits per heavy atom. The highest BCUT2D eigenvalue weighted by molar-refractivity contribution is 5.87. The van der Waals surface area contributed by atoms with Crippen LogP contribution in [-0.2, 0) is 7.05 Å². The zero-order valence-electron chi connectivity index (χ0n) is 26.9. The summed E-state index contributed by atoms with van der Waals surface area (Å²) in [4.78, 5) is 0. The van der Waals surface area contributed by atoms with Gasteiger partial charge in [0.05, 0.1) is 0 Å². The van der Waals surface area contributed by atoms with Crippen molar-refractivity contribution in [2.24, 2.45) is 7.05 Å². The minimum absolute atomic E-state index is 0.254. The number of pyridine rings is 1. The third-order valence-electron chi connectivity index (χ3n) is 8.45. The van der Waals surface area contributed by atoms with E-state index in [4.69, 9.17) is 4.11 Å². The van der Waals surface area contributed by atoms with Crippen LogP contribution in [0.2, 0.25) is 0 Å². The molecule has 9 rings (SSSR count). The number of nitrogens with zero attached hydrogens (tertiary/aromatic N) is 1. The molecular formula is C38H30N+. The summed E-state index contributed by atoms with van der Waals surface area (Å²) in [6, 6.07) is 36.1. The Labute approximate surface area is 237 Å². The first-order chi connectivity index (χ1) is 21.0. The topological polar surface area (TPSA) is 3.88 Å². The second-order valence-electron chi connectivity index (χ2n) is 10.7. The molecule has 0 radical (unpaired) electrons. The Kier molecular flexibility index (Phi) is 3.79. The second-order valence-corrected chi connectivity index (χ2v) is 10.7. The van der Waals surface area contributed by atoms with E-state index < -0.39 is 18.6 Å². The standard InChI is InChI=1S/C38H30N/c1-23-10-4-7-13-28(23)36-21-32(24(2)22-39(36)3)27-16-17-31-33(20-27)38-30-15-9-8-14-29(30)37(31)34-18-25-11-5-6-12-26(25)19-35(34)38/h4-22,37-38H,1-3H3/q+1/i2D3,37D,38D. The molecule has 1 nitrogen and oxygen atoms in total. The predicted molar refractivity (Wildman–Crippen MR) is 160 cm³/mol. The molecular weight excluding hydrogens is 470 g/mol. The van der Waals surface area contributed by atoms with Gasteiger partial charge in [-0.25, -0.2) is 4.57 Å². The van der Waals surface area contributed by atoms with E-state index in [0.717, 1.165) is 66.5 Å². The van der Waals surface area contributed by atoms with Crippen LogP contribution >= 0.6 is 0 Å². The number of benzene rings is 5. The fraction of sp³-hybridized carbons (Fsp3) is 0.132. The smallest absolute Gasteiger partial charge is 0.201 e. The lowest BCUT2D eigenvalue weighted by atomic mass is 9.60. The van der Waals surface area contributed by atoms with Gasteiger partial charge in [-0.15, -0.1) is 0 Å². The molecule has 2 bridgehead atoms. The molecule has 2 atom stereocenters. The van der Waals surface area contributed by atoms with Gasteiger partial charge >= 0.3 is 0 Å². The van der Waals surface area contributed by atoms with Crippen molar-refractivity contribution in [1.82, 2.24) is 0 Å². The van der Waals surface area contributed by atoms with Crippen LogP contribution < -0.4 is 4.57 Å².